The van der Waals surface area contributed by atoms with Gasteiger partial charge in [-0.25, -0.2) is 5.43 Å². The summed E-state index contributed by atoms with van der Waals surface area (Å²) in [6.07, 6.45) is 0.599. The minimum absolute atomic E-state index is 0.108. The Hall–Kier alpha value is -2.96. The lowest BCUT2D eigenvalue weighted by Gasteiger charge is -2.24. The van der Waals surface area contributed by atoms with Gasteiger partial charge in [-0.05, 0) is 42.5 Å². The zero-order chi connectivity index (χ0) is 19.5. The minimum atomic E-state index is -0.788. The van der Waals surface area contributed by atoms with Crippen LogP contribution in [-0.4, -0.2) is 24.8 Å². The van der Waals surface area contributed by atoms with E-state index in [0.717, 1.165) is 0 Å². The number of benzene rings is 2. The van der Waals surface area contributed by atoms with Crippen molar-refractivity contribution in [2.75, 3.05) is 6.61 Å². The second-order valence-electron chi connectivity index (χ2n) is 5.92. The van der Waals surface area contributed by atoms with Crippen LogP contribution in [0.2, 0.25) is 10.0 Å². The van der Waals surface area contributed by atoms with Gasteiger partial charge in [-0.15, -0.1) is 0 Å². The first-order valence-electron chi connectivity index (χ1n) is 8.37. The highest BCUT2D eigenvalue weighted by molar-refractivity contribution is 6.35. The van der Waals surface area contributed by atoms with E-state index in [0.29, 0.717) is 38.6 Å². The van der Waals surface area contributed by atoms with E-state index in [1.807, 2.05) is 6.07 Å². The maximum Gasteiger partial charge on any atom is 0.284 e. The molecule has 4 rings (SSSR count). The van der Waals surface area contributed by atoms with E-state index in [2.05, 4.69) is 10.5 Å². The van der Waals surface area contributed by atoms with E-state index >= 15 is 0 Å². The topological polar surface area (TPSA) is 73.1 Å². The Morgan fingerprint density at radius 3 is 2.79 bits per heavy atom. The Morgan fingerprint density at radius 2 is 1.93 bits per heavy atom. The van der Waals surface area contributed by atoms with Gasteiger partial charge in [-0.3, -0.25) is 4.79 Å². The third-order valence-corrected chi connectivity index (χ3v) is 4.55. The monoisotopic (exact) mass is 416 g/mol. The largest absolute Gasteiger partial charge is 0.485 e. The second-order valence-corrected chi connectivity index (χ2v) is 6.77. The molecule has 0 spiro atoms. The molecule has 1 aromatic heterocycles. The number of nitrogens with one attached hydrogen (secondary N) is 1. The number of carbonyl (C=O) groups is 1. The first-order valence-corrected chi connectivity index (χ1v) is 9.12. The number of carbonyl (C=O) groups excluding carboxylic acids is 1. The molecule has 1 amide bonds. The molecule has 1 atom stereocenters. The standard InChI is InChI=1S/C20H14Cl2N2O4/c21-12-5-7-15(22)14(9-12)16-8-6-13(27-16)10-23-24-20(25)19-11-26-17-3-1-2-4-18(17)28-19/h1-10,19H,11H2,(H,24,25)/b23-10+. The van der Waals surface area contributed by atoms with E-state index < -0.39 is 12.0 Å². The molecule has 28 heavy (non-hydrogen) atoms. The van der Waals surface area contributed by atoms with Gasteiger partial charge >= 0.3 is 0 Å². The van der Waals surface area contributed by atoms with Gasteiger partial charge in [-0.1, -0.05) is 35.3 Å². The molecule has 8 heteroatoms. The molecule has 0 bridgehead atoms. The van der Waals surface area contributed by atoms with Crippen LogP contribution in [0.4, 0.5) is 0 Å². The molecule has 0 saturated carbocycles. The number of ether oxygens (including phenoxy) is 2. The van der Waals surface area contributed by atoms with Gasteiger partial charge in [-0.2, -0.15) is 5.10 Å². The fourth-order valence-electron chi connectivity index (χ4n) is 2.63. The van der Waals surface area contributed by atoms with Crippen molar-refractivity contribution < 1.29 is 18.7 Å². The summed E-state index contributed by atoms with van der Waals surface area (Å²) >= 11 is 12.2. The number of nitrogens with zero attached hydrogens (tertiary/aromatic N) is 1. The maximum atomic E-state index is 12.2. The summed E-state index contributed by atoms with van der Waals surface area (Å²) < 4.78 is 16.8. The van der Waals surface area contributed by atoms with Crippen LogP contribution in [0.1, 0.15) is 5.76 Å². The quantitative estimate of drug-likeness (QED) is 0.500. The summed E-state index contributed by atoms with van der Waals surface area (Å²) in [6.45, 7) is 0.108. The Bertz CT molecular complexity index is 1050. The lowest BCUT2D eigenvalue weighted by molar-refractivity contribution is -0.130. The third kappa shape index (κ3) is 3.98. The summed E-state index contributed by atoms with van der Waals surface area (Å²) in [5, 5.41) is 4.98. The fraction of sp³-hybridized carbons (Fsp3) is 0.100. The van der Waals surface area contributed by atoms with E-state index in [-0.39, 0.29) is 6.61 Å². The van der Waals surface area contributed by atoms with Crippen LogP contribution in [0, 0.1) is 0 Å². The lowest BCUT2D eigenvalue weighted by atomic mass is 10.2. The van der Waals surface area contributed by atoms with Crippen LogP contribution in [0.3, 0.4) is 0 Å². The molecule has 0 fully saturated rings. The maximum absolute atomic E-state index is 12.2. The van der Waals surface area contributed by atoms with Crippen molar-refractivity contribution in [2.45, 2.75) is 6.10 Å². The van der Waals surface area contributed by atoms with Gasteiger partial charge in [0.25, 0.3) is 5.91 Å². The first-order chi connectivity index (χ1) is 13.6. The number of para-hydroxylation sites is 2. The molecule has 142 valence electrons. The van der Waals surface area contributed by atoms with Crippen molar-refractivity contribution in [3.05, 3.63) is 70.4 Å². The molecule has 0 radical (unpaired) electrons. The van der Waals surface area contributed by atoms with Gasteiger partial charge < -0.3 is 13.9 Å². The Kier molecular flexibility index (Phi) is 5.23. The summed E-state index contributed by atoms with van der Waals surface area (Å²) in [5.41, 5.74) is 3.09. The molecule has 0 aliphatic carbocycles. The van der Waals surface area contributed by atoms with E-state index in [1.165, 1.54) is 6.21 Å². The van der Waals surface area contributed by atoms with Gasteiger partial charge in [0.2, 0.25) is 6.10 Å². The van der Waals surface area contributed by atoms with Crippen LogP contribution in [0.25, 0.3) is 11.3 Å². The zero-order valence-corrected chi connectivity index (χ0v) is 15.9. The Morgan fingerprint density at radius 1 is 1.11 bits per heavy atom. The second kappa shape index (κ2) is 7.96. The number of rotatable bonds is 4. The third-order valence-electron chi connectivity index (χ3n) is 3.99. The molecule has 6 nitrogen and oxygen atoms in total. The number of hydrazone groups is 1. The number of hydrogen-bond acceptors (Lipinski definition) is 5. The van der Waals surface area contributed by atoms with Crippen LogP contribution < -0.4 is 14.9 Å². The summed E-state index contributed by atoms with van der Waals surface area (Å²) in [7, 11) is 0. The lowest BCUT2D eigenvalue weighted by Crippen LogP contribution is -2.42. The molecule has 0 saturated heterocycles. The highest BCUT2D eigenvalue weighted by atomic mass is 35.5. The molecule has 2 aromatic carbocycles. The van der Waals surface area contributed by atoms with Gasteiger partial charge in [0.15, 0.2) is 11.5 Å². The molecule has 1 aliphatic heterocycles. The molecular weight excluding hydrogens is 403 g/mol. The molecule has 2 heterocycles. The van der Waals surface area contributed by atoms with Gasteiger partial charge in [0, 0.05) is 10.6 Å². The smallest absolute Gasteiger partial charge is 0.284 e. The predicted octanol–water partition coefficient (Wildman–Crippen LogP) is 4.54. The van der Waals surface area contributed by atoms with Crippen molar-refractivity contribution >= 4 is 35.3 Å². The minimum Gasteiger partial charge on any atom is -0.485 e. The van der Waals surface area contributed by atoms with Crippen molar-refractivity contribution in [1.82, 2.24) is 5.43 Å². The summed E-state index contributed by atoms with van der Waals surface area (Å²) in [6, 6.07) is 15.7. The van der Waals surface area contributed by atoms with Crippen molar-refractivity contribution in [3.8, 4) is 22.8 Å². The van der Waals surface area contributed by atoms with E-state index in [1.54, 1.807) is 48.5 Å². The Labute approximate surface area is 170 Å². The van der Waals surface area contributed by atoms with E-state index in [4.69, 9.17) is 37.1 Å². The predicted molar refractivity (Wildman–Crippen MR) is 106 cm³/mol. The SMILES string of the molecule is O=C(N/N=C/c1ccc(-c2cc(Cl)ccc2Cl)o1)C1COc2ccccc2O1. The molecular formula is C20H14Cl2N2O4. The Balaban J connectivity index is 1.39. The van der Waals surface area contributed by atoms with Crippen molar-refractivity contribution in [2.24, 2.45) is 5.10 Å². The van der Waals surface area contributed by atoms with Crippen LogP contribution in [0.5, 0.6) is 11.5 Å². The highest BCUT2D eigenvalue weighted by Crippen LogP contribution is 2.32. The number of furan rings is 1. The molecule has 3 aromatic rings. The summed E-state index contributed by atoms with van der Waals surface area (Å²) in [4.78, 5) is 12.2. The summed E-state index contributed by atoms with van der Waals surface area (Å²) in [5.74, 6) is 1.69. The first kappa shape index (κ1) is 18.4. The number of fused-ring (bicyclic) bond motifs is 1. The van der Waals surface area contributed by atoms with Gasteiger partial charge in [0.1, 0.15) is 18.1 Å². The van der Waals surface area contributed by atoms with Crippen LogP contribution >= 0.6 is 23.2 Å². The molecule has 1 N–H and O–H groups in total. The van der Waals surface area contributed by atoms with Crippen molar-refractivity contribution in [1.29, 1.82) is 0 Å². The number of hydrogen-bond donors (Lipinski definition) is 1. The average Bonchev–Trinajstić information content (AvgIpc) is 3.18. The highest BCUT2D eigenvalue weighted by Gasteiger charge is 2.27. The fourth-order valence-corrected chi connectivity index (χ4v) is 3.02. The zero-order valence-electron chi connectivity index (χ0n) is 14.4. The van der Waals surface area contributed by atoms with Crippen LogP contribution in [0.15, 0.2) is 64.1 Å². The van der Waals surface area contributed by atoms with Crippen molar-refractivity contribution in [3.63, 3.8) is 0 Å². The average molecular weight is 417 g/mol. The van der Waals surface area contributed by atoms with E-state index in [9.17, 15) is 4.79 Å². The molecule has 1 aliphatic rings. The van der Waals surface area contributed by atoms with Crippen LogP contribution in [-0.2, 0) is 4.79 Å². The normalized spacial score (nSPS) is 15.6. The van der Waals surface area contributed by atoms with Gasteiger partial charge in [0.05, 0.1) is 11.2 Å². The number of amides is 1. The number of halogens is 2. The molecule has 1 unspecified atom stereocenters.